The number of aromatic carboxylic acids is 1. The first-order valence-electron chi connectivity index (χ1n) is 6.01. The Labute approximate surface area is 106 Å². The summed E-state index contributed by atoms with van der Waals surface area (Å²) in [4.78, 5) is 12.8. The normalized spacial score (nSPS) is 19.8. The van der Waals surface area contributed by atoms with Gasteiger partial charge in [0.25, 0.3) is 0 Å². The molecule has 6 heteroatoms. The zero-order valence-electron chi connectivity index (χ0n) is 10.4. The Balaban J connectivity index is 2.04. The molecule has 1 aromatic heterocycles. The van der Waals surface area contributed by atoms with E-state index in [2.05, 4.69) is 15.1 Å². The van der Waals surface area contributed by atoms with E-state index in [1.807, 2.05) is 0 Å². The van der Waals surface area contributed by atoms with E-state index in [0.29, 0.717) is 5.92 Å². The highest BCUT2D eigenvalue weighted by atomic mass is 16.5. The van der Waals surface area contributed by atoms with Crippen LogP contribution in [0.25, 0.3) is 0 Å². The second-order valence-electron chi connectivity index (χ2n) is 4.49. The molecule has 1 aromatic rings. The second-order valence-corrected chi connectivity index (χ2v) is 4.49. The standard InChI is InChI=1S/C12H17N3O3/c1-18-8-9-3-2-6-15(7-9)11-5-4-10(12(16)17)13-14-11/h4-5,9H,2-3,6-8H2,1H3,(H,16,17). The molecular formula is C12H17N3O3. The van der Waals surface area contributed by atoms with Crippen LogP contribution in [0.4, 0.5) is 5.82 Å². The summed E-state index contributed by atoms with van der Waals surface area (Å²) in [5.74, 6) is 0.190. The van der Waals surface area contributed by atoms with Gasteiger partial charge in [-0.3, -0.25) is 0 Å². The van der Waals surface area contributed by atoms with Crippen molar-refractivity contribution < 1.29 is 14.6 Å². The Morgan fingerprint density at radius 3 is 3.00 bits per heavy atom. The number of carbonyl (C=O) groups is 1. The molecule has 2 rings (SSSR count). The van der Waals surface area contributed by atoms with Gasteiger partial charge >= 0.3 is 5.97 Å². The third-order valence-corrected chi connectivity index (χ3v) is 3.11. The fourth-order valence-corrected chi connectivity index (χ4v) is 2.25. The summed E-state index contributed by atoms with van der Waals surface area (Å²) in [7, 11) is 1.71. The van der Waals surface area contributed by atoms with Crippen LogP contribution < -0.4 is 4.90 Å². The molecule has 1 saturated heterocycles. The molecule has 0 aliphatic carbocycles. The van der Waals surface area contributed by atoms with Crippen LogP contribution in [-0.2, 0) is 4.74 Å². The lowest BCUT2D eigenvalue weighted by atomic mass is 9.99. The average molecular weight is 251 g/mol. The van der Waals surface area contributed by atoms with Gasteiger partial charge in [0.1, 0.15) is 0 Å². The highest BCUT2D eigenvalue weighted by Crippen LogP contribution is 2.21. The molecule has 0 saturated carbocycles. The first-order valence-corrected chi connectivity index (χ1v) is 6.01. The number of piperidine rings is 1. The zero-order chi connectivity index (χ0) is 13.0. The highest BCUT2D eigenvalue weighted by Gasteiger charge is 2.21. The summed E-state index contributed by atoms with van der Waals surface area (Å²) in [6.45, 7) is 2.56. The summed E-state index contributed by atoms with van der Waals surface area (Å²) in [5, 5.41) is 16.4. The summed E-state index contributed by atoms with van der Waals surface area (Å²) >= 11 is 0. The Bertz CT molecular complexity index is 406. The molecular weight excluding hydrogens is 234 g/mol. The molecule has 0 radical (unpaired) electrons. The van der Waals surface area contributed by atoms with Crippen molar-refractivity contribution in [1.29, 1.82) is 0 Å². The molecule has 1 aliphatic rings. The molecule has 1 N–H and O–H groups in total. The lowest BCUT2D eigenvalue weighted by Gasteiger charge is -2.32. The number of hydrogen-bond acceptors (Lipinski definition) is 5. The van der Waals surface area contributed by atoms with Crippen molar-refractivity contribution in [1.82, 2.24) is 10.2 Å². The van der Waals surface area contributed by atoms with Crippen LogP contribution in [0.1, 0.15) is 23.3 Å². The minimum Gasteiger partial charge on any atom is -0.476 e. The molecule has 0 aromatic carbocycles. The van der Waals surface area contributed by atoms with Gasteiger partial charge in [0.2, 0.25) is 0 Å². The summed E-state index contributed by atoms with van der Waals surface area (Å²) in [6.07, 6.45) is 2.25. The molecule has 1 aliphatic heterocycles. The third-order valence-electron chi connectivity index (χ3n) is 3.11. The molecule has 0 bridgehead atoms. The van der Waals surface area contributed by atoms with Gasteiger partial charge in [0.05, 0.1) is 6.61 Å². The van der Waals surface area contributed by atoms with Gasteiger partial charge in [0, 0.05) is 20.2 Å². The smallest absolute Gasteiger partial charge is 0.356 e. The molecule has 98 valence electrons. The molecule has 0 amide bonds. The van der Waals surface area contributed by atoms with Gasteiger partial charge in [-0.15, -0.1) is 10.2 Å². The third kappa shape index (κ3) is 2.95. The number of ether oxygens (including phenoxy) is 1. The molecule has 6 nitrogen and oxygen atoms in total. The minimum absolute atomic E-state index is 0.0239. The predicted octanol–water partition coefficient (Wildman–Crippen LogP) is 1.04. The molecule has 18 heavy (non-hydrogen) atoms. The molecule has 1 atom stereocenters. The van der Waals surface area contributed by atoms with Crippen molar-refractivity contribution in [3.8, 4) is 0 Å². The quantitative estimate of drug-likeness (QED) is 0.861. The van der Waals surface area contributed by atoms with Crippen LogP contribution in [0.5, 0.6) is 0 Å². The number of rotatable bonds is 4. The van der Waals surface area contributed by atoms with Gasteiger partial charge in [-0.1, -0.05) is 0 Å². The van der Waals surface area contributed by atoms with Gasteiger partial charge in [0.15, 0.2) is 11.5 Å². The van der Waals surface area contributed by atoms with Crippen molar-refractivity contribution in [2.24, 2.45) is 5.92 Å². The van der Waals surface area contributed by atoms with Gasteiger partial charge in [-0.05, 0) is 30.9 Å². The van der Waals surface area contributed by atoms with Crippen molar-refractivity contribution in [3.63, 3.8) is 0 Å². The topological polar surface area (TPSA) is 75.5 Å². The maximum absolute atomic E-state index is 10.7. The Morgan fingerprint density at radius 1 is 1.56 bits per heavy atom. The number of carboxylic acid groups (broad SMARTS) is 1. The largest absolute Gasteiger partial charge is 0.476 e. The first kappa shape index (κ1) is 12.8. The zero-order valence-corrected chi connectivity index (χ0v) is 10.4. The van der Waals surface area contributed by atoms with Crippen LogP contribution in [0.3, 0.4) is 0 Å². The van der Waals surface area contributed by atoms with E-state index in [4.69, 9.17) is 9.84 Å². The maximum Gasteiger partial charge on any atom is 0.356 e. The van der Waals surface area contributed by atoms with E-state index < -0.39 is 5.97 Å². The van der Waals surface area contributed by atoms with E-state index in [1.54, 1.807) is 13.2 Å². The molecule has 2 heterocycles. The van der Waals surface area contributed by atoms with Crippen LogP contribution in [0, 0.1) is 5.92 Å². The predicted molar refractivity (Wildman–Crippen MR) is 65.8 cm³/mol. The van der Waals surface area contributed by atoms with E-state index in [0.717, 1.165) is 38.4 Å². The van der Waals surface area contributed by atoms with E-state index in [-0.39, 0.29) is 5.69 Å². The number of methoxy groups -OCH3 is 1. The molecule has 0 spiro atoms. The fourth-order valence-electron chi connectivity index (χ4n) is 2.25. The first-order chi connectivity index (χ1) is 8.70. The Hall–Kier alpha value is -1.69. The summed E-state index contributed by atoms with van der Waals surface area (Å²) in [5.41, 5.74) is -0.0239. The number of anilines is 1. The van der Waals surface area contributed by atoms with Crippen LogP contribution in [-0.4, -0.2) is 48.1 Å². The fraction of sp³-hybridized carbons (Fsp3) is 0.583. The van der Waals surface area contributed by atoms with E-state index in [1.165, 1.54) is 6.07 Å². The van der Waals surface area contributed by atoms with Crippen LogP contribution in [0.2, 0.25) is 0 Å². The van der Waals surface area contributed by atoms with E-state index >= 15 is 0 Å². The summed E-state index contributed by atoms with van der Waals surface area (Å²) in [6, 6.07) is 3.20. The Kier molecular flexibility index (Phi) is 4.09. The summed E-state index contributed by atoms with van der Waals surface area (Å²) < 4.78 is 5.18. The van der Waals surface area contributed by atoms with Gasteiger partial charge in [-0.25, -0.2) is 4.79 Å². The van der Waals surface area contributed by atoms with Crippen molar-refractivity contribution in [2.45, 2.75) is 12.8 Å². The second kappa shape index (κ2) is 5.77. The SMILES string of the molecule is COCC1CCCN(c2ccc(C(=O)O)nn2)C1. The Morgan fingerprint density at radius 2 is 2.39 bits per heavy atom. The number of hydrogen-bond donors (Lipinski definition) is 1. The monoisotopic (exact) mass is 251 g/mol. The average Bonchev–Trinajstić information content (AvgIpc) is 2.39. The van der Waals surface area contributed by atoms with E-state index in [9.17, 15) is 4.79 Å². The lowest BCUT2D eigenvalue weighted by molar-refractivity contribution is 0.0689. The van der Waals surface area contributed by atoms with Crippen LogP contribution >= 0.6 is 0 Å². The molecule has 1 fully saturated rings. The maximum atomic E-state index is 10.7. The van der Waals surface area contributed by atoms with Crippen molar-refractivity contribution >= 4 is 11.8 Å². The number of nitrogens with zero attached hydrogens (tertiary/aromatic N) is 3. The highest BCUT2D eigenvalue weighted by molar-refractivity contribution is 5.85. The number of carboxylic acids is 1. The number of aromatic nitrogens is 2. The van der Waals surface area contributed by atoms with Crippen molar-refractivity contribution in [2.75, 3.05) is 31.7 Å². The van der Waals surface area contributed by atoms with Crippen LogP contribution in [0.15, 0.2) is 12.1 Å². The van der Waals surface area contributed by atoms with Gasteiger partial charge < -0.3 is 14.7 Å². The molecule has 1 unspecified atom stereocenters. The van der Waals surface area contributed by atoms with Gasteiger partial charge in [-0.2, -0.15) is 0 Å². The lowest BCUT2D eigenvalue weighted by Crippen LogP contribution is -2.37. The van der Waals surface area contributed by atoms with Crippen molar-refractivity contribution in [3.05, 3.63) is 17.8 Å². The minimum atomic E-state index is -1.05.